The Morgan fingerprint density at radius 3 is 2.77 bits per heavy atom. The van der Waals surface area contributed by atoms with Gasteiger partial charge >= 0.3 is 0 Å². The van der Waals surface area contributed by atoms with Crippen LogP contribution in [0, 0.1) is 23.2 Å². The Labute approximate surface area is 80.2 Å². The lowest BCUT2D eigenvalue weighted by molar-refractivity contribution is -0.111. The van der Waals surface area contributed by atoms with Crippen LogP contribution in [0.3, 0.4) is 0 Å². The number of fused-ring (bicyclic) bond motifs is 1. The zero-order valence-electron chi connectivity index (χ0n) is 8.71. The third kappa shape index (κ3) is 1.09. The highest BCUT2D eigenvalue weighted by molar-refractivity contribution is 5.51. The molecule has 0 radical (unpaired) electrons. The Kier molecular flexibility index (Phi) is 1.86. The molecule has 13 heavy (non-hydrogen) atoms. The average Bonchev–Trinajstić information content (AvgIpc) is 2.03. The zero-order valence-corrected chi connectivity index (χ0v) is 8.71. The van der Waals surface area contributed by atoms with Gasteiger partial charge in [-0.1, -0.05) is 25.5 Å². The molecule has 1 fully saturated rings. The molecule has 72 valence electrons. The Morgan fingerprint density at radius 1 is 1.62 bits per heavy atom. The Balaban J connectivity index is 2.24. The van der Waals surface area contributed by atoms with Gasteiger partial charge in [0.2, 0.25) is 0 Å². The molecular formula is C12H18O. The summed E-state index contributed by atoms with van der Waals surface area (Å²) in [6.07, 6.45) is 5.44. The van der Waals surface area contributed by atoms with E-state index in [1.807, 2.05) is 0 Å². The summed E-state index contributed by atoms with van der Waals surface area (Å²) < 4.78 is 0. The number of hydrogen-bond acceptors (Lipinski definition) is 1. The van der Waals surface area contributed by atoms with Crippen molar-refractivity contribution in [1.29, 1.82) is 0 Å². The SMILES string of the molecule is CC1=CC(CC=O)C2CC1C2(C)C. The highest BCUT2D eigenvalue weighted by Crippen LogP contribution is 2.61. The summed E-state index contributed by atoms with van der Waals surface area (Å²) in [5.41, 5.74) is 1.96. The smallest absolute Gasteiger partial charge is 0.120 e. The van der Waals surface area contributed by atoms with Gasteiger partial charge in [-0.3, -0.25) is 0 Å². The van der Waals surface area contributed by atoms with Crippen LogP contribution in [-0.4, -0.2) is 6.29 Å². The number of hydrogen-bond donors (Lipinski definition) is 0. The maximum absolute atomic E-state index is 10.5. The van der Waals surface area contributed by atoms with Crippen molar-refractivity contribution in [1.82, 2.24) is 0 Å². The standard InChI is InChI=1S/C12H18O/c1-8-6-9(4-5-13)11-7-10(8)12(11,2)3/h5-6,9-11H,4,7H2,1-3H3. The van der Waals surface area contributed by atoms with Crippen LogP contribution in [0.15, 0.2) is 11.6 Å². The zero-order chi connectivity index (χ0) is 9.64. The number of rotatable bonds is 2. The summed E-state index contributed by atoms with van der Waals surface area (Å²) in [6, 6.07) is 0. The van der Waals surface area contributed by atoms with Crippen LogP contribution in [0.25, 0.3) is 0 Å². The van der Waals surface area contributed by atoms with Crippen molar-refractivity contribution in [2.45, 2.75) is 33.6 Å². The largest absolute Gasteiger partial charge is 0.303 e. The molecular weight excluding hydrogens is 160 g/mol. The molecule has 3 rings (SSSR count). The summed E-state index contributed by atoms with van der Waals surface area (Å²) in [6.45, 7) is 6.92. The minimum absolute atomic E-state index is 0.451. The first-order valence-electron chi connectivity index (χ1n) is 5.19. The van der Waals surface area contributed by atoms with Gasteiger partial charge in [-0.05, 0) is 36.5 Å². The number of allylic oxidation sites excluding steroid dienone is 2. The van der Waals surface area contributed by atoms with Crippen molar-refractivity contribution < 1.29 is 4.79 Å². The molecule has 0 aromatic rings. The Hall–Kier alpha value is -0.590. The third-order valence-electron chi connectivity index (χ3n) is 4.26. The first kappa shape index (κ1) is 8.98. The second kappa shape index (κ2) is 2.70. The van der Waals surface area contributed by atoms with E-state index in [1.165, 1.54) is 12.0 Å². The van der Waals surface area contributed by atoms with Crippen molar-refractivity contribution in [2.75, 3.05) is 0 Å². The molecule has 3 unspecified atom stereocenters. The monoisotopic (exact) mass is 178 g/mol. The van der Waals surface area contributed by atoms with Gasteiger partial charge in [-0.25, -0.2) is 0 Å². The molecule has 0 amide bonds. The summed E-state index contributed by atoms with van der Waals surface area (Å²) in [5.74, 6) is 2.07. The molecule has 0 N–H and O–H groups in total. The van der Waals surface area contributed by atoms with Gasteiger partial charge in [0, 0.05) is 6.42 Å². The van der Waals surface area contributed by atoms with Gasteiger partial charge in [-0.15, -0.1) is 0 Å². The van der Waals surface area contributed by atoms with Gasteiger partial charge in [0.05, 0.1) is 0 Å². The van der Waals surface area contributed by atoms with E-state index in [9.17, 15) is 4.79 Å². The van der Waals surface area contributed by atoms with Crippen molar-refractivity contribution in [2.24, 2.45) is 23.2 Å². The molecule has 1 saturated carbocycles. The van der Waals surface area contributed by atoms with Gasteiger partial charge in [-0.2, -0.15) is 0 Å². The third-order valence-corrected chi connectivity index (χ3v) is 4.26. The fourth-order valence-corrected chi connectivity index (χ4v) is 3.37. The van der Waals surface area contributed by atoms with Crippen LogP contribution >= 0.6 is 0 Å². The maximum atomic E-state index is 10.5. The molecule has 0 aromatic carbocycles. The van der Waals surface area contributed by atoms with E-state index < -0.39 is 0 Å². The maximum Gasteiger partial charge on any atom is 0.120 e. The van der Waals surface area contributed by atoms with E-state index in [0.717, 1.165) is 24.5 Å². The summed E-state index contributed by atoms with van der Waals surface area (Å²) >= 11 is 0. The van der Waals surface area contributed by atoms with Gasteiger partial charge in [0.25, 0.3) is 0 Å². The van der Waals surface area contributed by atoms with E-state index in [0.29, 0.717) is 11.3 Å². The molecule has 0 aromatic heterocycles. The van der Waals surface area contributed by atoms with Crippen LogP contribution in [0.2, 0.25) is 0 Å². The van der Waals surface area contributed by atoms with E-state index >= 15 is 0 Å². The number of aldehydes is 1. The predicted octanol–water partition coefficient (Wildman–Crippen LogP) is 2.81. The molecule has 1 heteroatoms. The van der Waals surface area contributed by atoms with E-state index in [-0.39, 0.29) is 0 Å². The highest BCUT2D eigenvalue weighted by atomic mass is 16.1. The molecule has 1 nitrogen and oxygen atoms in total. The van der Waals surface area contributed by atoms with Crippen molar-refractivity contribution in [3.63, 3.8) is 0 Å². The number of carbonyl (C=O) groups is 1. The molecule has 3 aliphatic carbocycles. The van der Waals surface area contributed by atoms with Crippen LogP contribution in [0.5, 0.6) is 0 Å². The second-order valence-electron chi connectivity index (χ2n) is 5.19. The normalized spacial score (nSPS) is 40.5. The molecule has 0 saturated heterocycles. The first-order valence-corrected chi connectivity index (χ1v) is 5.19. The van der Waals surface area contributed by atoms with Crippen LogP contribution in [0.1, 0.15) is 33.6 Å². The van der Waals surface area contributed by atoms with E-state index in [4.69, 9.17) is 0 Å². The molecule has 0 heterocycles. The van der Waals surface area contributed by atoms with Crippen LogP contribution in [0.4, 0.5) is 0 Å². The Morgan fingerprint density at radius 2 is 2.31 bits per heavy atom. The van der Waals surface area contributed by atoms with E-state index in [2.05, 4.69) is 26.8 Å². The second-order valence-corrected chi connectivity index (χ2v) is 5.19. The minimum atomic E-state index is 0.451. The molecule has 2 bridgehead atoms. The fourth-order valence-electron chi connectivity index (χ4n) is 3.37. The quantitative estimate of drug-likeness (QED) is 0.469. The summed E-state index contributed by atoms with van der Waals surface area (Å²) in [7, 11) is 0. The fraction of sp³-hybridized carbons (Fsp3) is 0.750. The average molecular weight is 178 g/mol. The summed E-state index contributed by atoms with van der Waals surface area (Å²) in [4.78, 5) is 10.5. The van der Waals surface area contributed by atoms with Gasteiger partial charge in [0.1, 0.15) is 6.29 Å². The highest BCUT2D eigenvalue weighted by Gasteiger charge is 2.53. The molecule has 0 spiro atoms. The molecule has 3 atom stereocenters. The first-order chi connectivity index (χ1) is 6.07. The van der Waals surface area contributed by atoms with Crippen LogP contribution in [-0.2, 0) is 4.79 Å². The number of carbonyl (C=O) groups excluding carboxylic acids is 1. The van der Waals surface area contributed by atoms with E-state index in [1.54, 1.807) is 0 Å². The van der Waals surface area contributed by atoms with Gasteiger partial charge in [0.15, 0.2) is 0 Å². The molecule has 3 aliphatic rings. The van der Waals surface area contributed by atoms with Gasteiger partial charge < -0.3 is 4.79 Å². The minimum Gasteiger partial charge on any atom is -0.303 e. The molecule has 0 aliphatic heterocycles. The van der Waals surface area contributed by atoms with Crippen molar-refractivity contribution >= 4 is 6.29 Å². The van der Waals surface area contributed by atoms with Crippen LogP contribution < -0.4 is 0 Å². The predicted molar refractivity (Wildman–Crippen MR) is 53.3 cm³/mol. The summed E-state index contributed by atoms with van der Waals surface area (Å²) in [5, 5.41) is 0. The van der Waals surface area contributed by atoms with Crippen molar-refractivity contribution in [3.8, 4) is 0 Å². The van der Waals surface area contributed by atoms with Crippen molar-refractivity contribution in [3.05, 3.63) is 11.6 Å². The Bertz CT molecular complexity index is 262. The lowest BCUT2D eigenvalue weighted by Crippen LogP contribution is -2.51. The lowest BCUT2D eigenvalue weighted by Gasteiger charge is -2.59. The lowest BCUT2D eigenvalue weighted by atomic mass is 9.46. The topological polar surface area (TPSA) is 17.1 Å².